The zero-order chi connectivity index (χ0) is 21.8. The number of esters is 1. The van der Waals surface area contributed by atoms with Gasteiger partial charge in [0, 0.05) is 23.0 Å². The highest BCUT2D eigenvalue weighted by molar-refractivity contribution is 5.77. The Balaban J connectivity index is 1.68. The topological polar surface area (TPSA) is 38.8 Å². The molecule has 0 bridgehead atoms. The van der Waals surface area contributed by atoms with E-state index in [0.717, 1.165) is 23.5 Å². The summed E-state index contributed by atoms with van der Waals surface area (Å²) in [5, 5.41) is 0. The van der Waals surface area contributed by atoms with Gasteiger partial charge in [0.1, 0.15) is 0 Å². The molecular formula is C27H29NO3. The van der Waals surface area contributed by atoms with Gasteiger partial charge in [-0.25, -0.2) is 0 Å². The van der Waals surface area contributed by atoms with Gasteiger partial charge < -0.3 is 14.4 Å². The standard InChI is InChI=1S/C27H29NO3/c1-4-25(26-20(3)27(29)31-18-30-26)21-13-15-23(16-14-21)28(22-10-6-5-7-11-22)24-12-8-9-19(2)17-24/h5-17,20,25-26H,4,18H2,1-3H3. The number of nitrogens with zero attached hydrogens (tertiary/aromatic N) is 1. The first-order valence-electron chi connectivity index (χ1n) is 10.9. The van der Waals surface area contributed by atoms with Crippen molar-refractivity contribution < 1.29 is 14.3 Å². The van der Waals surface area contributed by atoms with Crippen LogP contribution in [0, 0.1) is 12.8 Å². The van der Waals surface area contributed by atoms with Gasteiger partial charge in [-0.1, -0.05) is 49.4 Å². The van der Waals surface area contributed by atoms with Gasteiger partial charge in [-0.2, -0.15) is 0 Å². The third-order valence-corrected chi connectivity index (χ3v) is 6.02. The Morgan fingerprint density at radius 2 is 1.61 bits per heavy atom. The van der Waals surface area contributed by atoms with E-state index < -0.39 is 0 Å². The van der Waals surface area contributed by atoms with Crippen molar-refractivity contribution in [1.82, 2.24) is 0 Å². The molecule has 3 unspecified atom stereocenters. The van der Waals surface area contributed by atoms with E-state index in [-0.39, 0.29) is 30.7 Å². The van der Waals surface area contributed by atoms with E-state index in [1.807, 2.05) is 13.0 Å². The summed E-state index contributed by atoms with van der Waals surface area (Å²) >= 11 is 0. The van der Waals surface area contributed by atoms with Crippen molar-refractivity contribution in [2.75, 3.05) is 11.7 Å². The van der Waals surface area contributed by atoms with Gasteiger partial charge in [0.2, 0.25) is 0 Å². The van der Waals surface area contributed by atoms with E-state index in [4.69, 9.17) is 9.47 Å². The van der Waals surface area contributed by atoms with Crippen LogP contribution in [0.1, 0.15) is 37.3 Å². The number of hydrogen-bond acceptors (Lipinski definition) is 4. The largest absolute Gasteiger partial charge is 0.438 e. The van der Waals surface area contributed by atoms with Gasteiger partial charge in [0.05, 0.1) is 12.0 Å². The third kappa shape index (κ3) is 4.49. The lowest BCUT2D eigenvalue weighted by Crippen LogP contribution is -2.40. The van der Waals surface area contributed by atoms with Crippen LogP contribution in [-0.4, -0.2) is 18.9 Å². The normalized spacial score (nSPS) is 19.5. The molecule has 0 aromatic heterocycles. The number of cyclic esters (lactones) is 1. The van der Waals surface area contributed by atoms with Gasteiger partial charge in [-0.05, 0) is 67.8 Å². The summed E-state index contributed by atoms with van der Waals surface area (Å²) in [5.74, 6) is -0.312. The van der Waals surface area contributed by atoms with Crippen molar-refractivity contribution in [2.45, 2.75) is 39.2 Å². The minimum atomic E-state index is -0.272. The predicted molar refractivity (Wildman–Crippen MR) is 124 cm³/mol. The summed E-state index contributed by atoms with van der Waals surface area (Å²) in [4.78, 5) is 14.3. The number of benzene rings is 3. The zero-order valence-corrected chi connectivity index (χ0v) is 18.3. The van der Waals surface area contributed by atoms with Crippen molar-refractivity contribution in [1.29, 1.82) is 0 Å². The molecule has 0 saturated carbocycles. The fourth-order valence-electron chi connectivity index (χ4n) is 4.36. The summed E-state index contributed by atoms with van der Waals surface area (Å²) in [7, 11) is 0. The predicted octanol–water partition coefficient (Wildman–Crippen LogP) is 6.49. The van der Waals surface area contributed by atoms with Crippen LogP contribution in [0.15, 0.2) is 78.9 Å². The Kier molecular flexibility index (Phi) is 6.38. The van der Waals surface area contributed by atoms with Crippen LogP contribution in [0.5, 0.6) is 0 Å². The van der Waals surface area contributed by atoms with Gasteiger partial charge in [0.15, 0.2) is 6.79 Å². The number of carbonyl (C=O) groups is 1. The fourth-order valence-corrected chi connectivity index (χ4v) is 4.36. The number of ether oxygens (including phenoxy) is 2. The first-order valence-corrected chi connectivity index (χ1v) is 10.9. The molecule has 0 amide bonds. The molecule has 3 aromatic rings. The molecule has 4 rings (SSSR count). The average Bonchev–Trinajstić information content (AvgIpc) is 2.79. The van der Waals surface area contributed by atoms with Crippen LogP contribution in [0.2, 0.25) is 0 Å². The van der Waals surface area contributed by atoms with Gasteiger partial charge >= 0.3 is 5.97 Å². The smallest absolute Gasteiger partial charge is 0.313 e. The number of hydrogen-bond donors (Lipinski definition) is 0. The van der Waals surface area contributed by atoms with Crippen LogP contribution in [-0.2, 0) is 14.3 Å². The Bertz CT molecular complexity index is 1020. The minimum absolute atomic E-state index is 0.0393. The molecule has 0 N–H and O–H groups in total. The SMILES string of the molecule is CCC(c1ccc(N(c2ccccc2)c2cccc(C)c2)cc1)C1OCOC(=O)C1C. The molecule has 0 aliphatic carbocycles. The van der Waals surface area contributed by atoms with Crippen LogP contribution in [0.25, 0.3) is 0 Å². The van der Waals surface area contributed by atoms with Gasteiger partial charge in [-0.3, -0.25) is 4.79 Å². The lowest BCUT2D eigenvalue weighted by Gasteiger charge is -2.34. The summed E-state index contributed by atoms with van der Waals surface area (Å²) in [6.45, 7) is 6.17. The van der Waals surface area contributed by atoms with Crippen molar-refractivity contribution in [2.24, 2.45) is 5.92 Å². The summed E-state index contributed by atoms with van der Waals surface area (Å²) in [5.41, 5.74) is 5.72. The van der Waals surface area contributed by atoms with Crippen molar-refractivity contribution in [3.05, 3.63) is 90.0 Å². The number of rotatable bonds is 6. The maximum atomic E-state index is 12.0. The summed E-state index contributed by atoms with van der Waals surface area (Å²) in [6.07, 6.45) is 0.723. The maximum absolute atomic E-state index is 12.0. The molecule has 1 aliphatic heterocycles. The highest BCUT2D eigenvalue weighted by Crippen LogP contribution is 2.37. The highest BCUT2D eigenvalue weighted by Gasteiger charge is 2.36. The Morgan fingerprint density at radius 1 is 0.935 bits per heavy atom. The maximum Gasteiger partial charge on any atom is 0.313 e. The highest BCUT2D eigenvalue weighted by atomic mass is 16.7. The second-order valence-corrected chi connectivity index (χ2v) is 8.12. The molecule has 4 heteroatoms. The van der Waals surface area contributed by atoms with Crippen LogP contribution >= 0.6 is 0 Å². The van der Waals surface area contributed by atoms with Crippen LogP contribution < -0.4 is 4.90 Å². The molecule has 3 aromatic carbocycles. The summed E-state index contributed by atoms with van der Waals surface area (Å²) in [6, 6.07) is 27.5. The average molecular weight is 416 g/mol. The lowest BCUT2D eigenvalue weighted by atomic mass is 9.84. The fraction of sp³-hybridized carbons (Fsp3) is 0.296. The number of anilines is 3. The van der Waals surface area contributed by atoms with E-state index >= 15 is 0 Å². The minimum Gasteiger partial charge on any atom is -0.438 e. The number of aryl methyl sites for hydroxylation is 1. The van der Waals surface area contributed by atoms with Crippen molar-refractivity contribution in [3.8, 4) is 0 Å². The van der Waals surface area contributed by atoms with Gasteiger partial charge in [-0.15, -0.1) is 0 Å². The van der Waals surface area contributed by atoms with Gasteiger partial charge in [0.25, 0.3) is 0 Å². The molecule has 1 fully saturated rings. The Morgan fingerprint density at radius 3 is 2.29 bits per heavy atom. The molecular weight excluding hydrogens is 386 g/mol. The summed E-state index contributed by atoms with van der Waals surface area (Å²) < 4.78 is 10.9. The molecule has 0 radical (unpaired) electrons. The lowest BCUT2D eigenvalue weighted by molar-refractivity contribution is -0.195. The van der Waals surface area contributed by atoms with E-state index in [0.29, 0.717) is 0 Å². The number of para-hydroxylation sites is 1. The van der Waals surface area contributed by atoms with E-state index in [2.05, 4.69) is 91.5 Å². The van der Waals surface area contributed by atoms with E-state index in [9.17, 15) is 4.79 Å². The molecule has 3 atom stereocenters. The second-order valence-electron chi connectivity index (χ2n) is 8.12. The Hall–Kier alpha value is -3.11. The van der Waals surface area contributed by atoms with Crippen molar-refractivity contribution >= 4 is 23.0 Å². The van der Waals surface area contributed by atoms with Crippen LogP contribution in [0.4, 0.5) is 17.1 Å². The van der Waals surface area contributed by atoms with E-state index in [1.165, 1.54) is 11.1 Å². The molecule has 4 nitrogen and oxygen atoms in total. The quantitative estimate of drug-likeness (QED) is 0.431. The molecule has 1 heterocycles. The molecule has 0 spiro atoms. The first-order chi connectivity index (χ1) is 15.1. The monoisotopic (exact) mass is 415 g/mol. The second kappa shape index (κ2) is 9.36. The molecule has 160 valence electrons. The molecule has 31 heavy (non-hydrogen) atoms. The third-order valence-electron chi connectivity index (χ3n) is 6.02. The Labute approximate surface area is 184 Å². The first kappa shape index (κ1) is 21.1. The van der Waals surface area contributed by atoms with Crippen molar-refractivity contribution in [3.63, 3.8) is 0 Å². The number of carbonyl (C=O) groups excluding carboxylic acids is 1. The molecule has 1 saturated heterocycles. The zero-order valence-electron chi connectivity index (χ0n) is 18.3. The molecule has 1 aliphatic rings. The van der Waals surface area contributed by atoms with Crippen LogP contribution in [0.3, 0.4) is 0 Å². The van der Waals surface area contributed by atoms with E-state index in [1.54, 1.807) is 0 Å².